The van der Waals surface area contributed by atoms with Gasteiger partial charge in [0, 0.05) is 6.54 Å². The second-order valence-electron chi connectivity index (χ2n) is 5.88. The highest BCUT2D eigenvalue weighted by molar-refractivity contribution is 5.99. The Morgan fingerprint density at radius 3 is 2.31 bits per heavy atom. The third-order valence-corrected chi connectivity index (χ3v) is 4.00. The molecule has 132 valence electrons. The van der Waals surface area contributed by atoms with Crippen LogP contribution in [-0.2, 0) is 16.0 Å². The van der Waals surface area contributed by atoms with Gasteiger partial charge in [0.25, 0.3) is 5.91 Å². The molecule has 3 rings (SSSR count). The van der Waals surface area contributed by atoms with Crippen molar-refractivity contribution in [3.05, 3.63) is 77.9 Å². The molecule has 3 aromatic carbocycles. The maximum Gasteiger partial charge on any atom is 0.342 e. The van der Waals surface area contributed by atoms with E-state index in [1.54, 1.807) is 6.07 Å². The minimum atomic E-state index is -0.730. The summed E-state index contributed by atoms with van der Waals surface area (Å²) in [6, 6.07) is 20.2. The highest BCUT2D eigenvalue weighted by atomic mass is 16.5. The normalized spacial score (nSPS) is 10.5. The summed E-state index contributed by atoms with van der Waals surface area (Å²) in [4.78, 5) is 24.0. The summed E-state index contributed by atoms with van der Waals surface area (Å²) in [6.07, 6.45) is 0.700. The molecule has 0 aliphatic heterocycles. The second-order valence-corrected chi connectivity index (χ2v) is 5.88. The van der Waals surface area contributed by atoms with Crippen LogP contribution >= 0.6 is 0 Å². The van der Waals surface area contributed by atoms with Gasteiger partial charge in [-0.15, -0.1) is 0 Å². The lowest BCUT2D eigenvalue weighted by Crippen LogP contribution is -2.30. The SMILES string of the molecule is O=C(COC(=O)c1cc2ccccc2cc1O)NCCc1ccccc1. The van der Waals surface area contributed by atoms with Crippen LogP contribution in [0.1, 0.15) is 15.9 Å². The molecule has 3 aromatic rings. The predicted octanol–water partition coefficient (Wildman–Crippen LogP) is 3.06. The maximum absolute atomic E-state index is 12.1. The van der Waals surface area contributed by atoms with Gasteiger partial charge in [0.1, 0.15) is 11.3 Å². The molecule has 1 amide bonds. The lowest BCUT2D eigenvalue weighted by Gasteiger charge is -2.09. The average molecular weight is 349 g/mol. The standard InChI is InChI=1S/C21H19NO4/c23-19-13-17-9-5-4-8-16(17)12-18(19)21(25)26-14-20(24)22-11-10-15-6-2-1-3-7-15/h1-9,12-13,23H,10-11,14H2,(H,22,24). The van der Waals surface area contributed by atoms with Crippen LogP contribution in [-0.4, -0.2) is 30.1 Å². The number of aromatic hydroxyl groups is 1. The Morgan fingerprint density at radius 2 is 1.58 bits per heavy atom. The number of nitrogens with one attached hydrogen (secondary N) is 1. The maximum atomic E-state index is 12.1. The number of amides is 1. The van der Waals surface area contributed by atoms with Crippen molar-refractivity contribution in [1.82, 2.24) is 5.32 Å². The smallest absolute Gasteiger partial charge is 0.342 e. The summed E-state index contributed by atoms with van der Waals surface area (Å²) in [5.41, 5.74) is 1.16. The molecule has 0 spiro atoms. The fourth-order valence-electron chi connectivity index (χ4n) is 2.64. The molecule has 26 heavy (non-hydrogen) atoms. The van der Waals surface area contributed by atoms with E-state index in [-0.39, 0.29) is 23.8 Å². The number of fused-ring (bicyclic) bond motifs is 1. The van der Waals surface area contributed by atoms with Crippen LogP contribution < -0.4 is 5.32 Å². The van der Waals surface area contributed by atoms with E-state index in [4.69, 9.17) is 4.74 Å². The Bertz CT molecular complexity index is 922. The van der Waals surface area contributed by atoms with Crippen molar-refractivity contribution in [1.29, 1.82) is 0 Å². The molecule has 0 unspecified atom stereocenters. The van der Waals surface area contributed by atoms with Crippen LogP contribution in [0.3, 0.4) is 0 Å². The van der Waals surface area contributed by atoms with E-state index < -0.39 is 5.97 Å². The predicted molar refractivity (Wildman–Crippen MR) is 99.1 cm³/mol. The highest BCUT2D eigenvalue weighted by Gasteiger charge is 2.15. The molecule has 0 aromatic heterocycles. The summed E-state index contributed by atoms with van der Waals surface area (Å²) in [5.74, 6) is -1.28. The molecule has 0 atom stereocenters. The number of rotatable bonds is 6. The number of phenolic OH excluding ortho intramolecular Hbond substituents is 1. The molecule has 0 saturated heterocycles. The number of carbonyl (C=O) groups is 2. The molecule has 0 aliphatic rings. The van der Waals surface area contributed by atoms with Gasteiger partial charge in [-0.25, -0.2) is 4.79 Å². The van der Waals surface area contributed by atoms with Gasteiger partial charge in [-0.05, 0) is 34.9 Å². The van der Waals surface area contributed by atoms with E-state index in [1.807, 2.05) is 54.6 Å². The van der Waals surface area contributed by atoms with Gasteiger partial charge in [-0.3, -0.25) is 4.79 Å². The summed E-state index contributed by atoms with van der Waals surface area (Å²) in [6.45, 7) is 0.0709. The molecular weight excluding hydrogens is 330 g/mol. The lowest BCUT2D eigenvalue weighted by atomic mass is 10.1. The Labute approximate surface area is 151 Å². The summed E-state index contributed by atoms with van der Waals surface area (Å²) in [5, 5.41) is 14.3. The minimum Gasteiger partial charge on any atom is -0.507 e. The number of phenols is 1. The summed E-state index contributed by atoms with van der Waals surface area (Å²) in [7, 11) is 0. The summed E-state index contributed by atoms with van der Waals surface area (Å²) >= 11 is 0. The van der Waals surface area contributed by atoms with Crippen molar-refractivity contribution in [2.75, 3.05) is 13.2 Å². The van der Waals surface area contributed by atoms with E-state index in [0.717, 1.165) is 16.3 Å². The molecule has 0 fully saturated rings. The Morgan fingerprint density at radius 1 is 0.923 bits per heavy atom. The van der Waals surface area contributed by atoms with Crippen LogP contribution in [0.25, 0.3) is 10.8 Å². The average Bonchev–Trinajstić information content (AvgIpc) is 2.66. The fraction of sp³-hybridized carbons (Fsp3) is 0.143. The molecular formula is C21H19NO4. The van der Waals surface area contributed by atoms with Gasteiger partial charge in [-0.1, -0.05) is 54.6 Å². The number of hydrogen-bond donors (Lipinski definition) is 2. The fourth-order valence-corrected chi connectivity index (χ4v) is 2.64. The van der Waals surface area contributed by atoms with E-state index in [9.17, 15) is 14.7 Å². The Kier molecular flexibility index (Phi) is 5.49. The van der Waals surface area contributed by atoms with E-state index in [1.165, 1.54) is 6.07 Å². The minimum absolute atomic E-state index is 0.0424. The van der Waals surface area contributed by atoms with Crippen molar-refractivity contribution in [3.8, 4) is 5.75 Å². The van der Waals surface area contributed by atoms with Crippen LogP contribution in [0.4, 0.5) is 0 Å². The summed E-state index contributed by atoms with van der Waals surface area (Å²) < 4.78 is 5.01. The van der Waals surface area contributed by atoms with Crippen molar-refractivity contribution in [3.63, 3.8) is 0 Å². The first-order valence-electron chi connectivity index (χ1n) is 8.33. The van der Waals surface area contributed by atoms with E-state index in [0.29, 0.717) is 13.0 Å². The van der Waals surface area contributed by atoms with E-state index >= 15 is 0 Å². The first-order valence-corrected chi connectivity index (χ1v) is 8.33. The third-order valence-electron chi connectivity index (χ3n) is 4.00. The lowest BCUT2D eigenvalue weighted by molar-refractivity contribution is -0.124. The Balaban J connectivity index is 1.52. The van der Waals surface area contributed by atoms with Gasteiger partial charge in [-0.2, -0.15) is 0 Å². The van der Waals surface area contributed by atoms with Crippen LogP contribution in [0.2, 0.25) is 0 Å². The number of esters is 1. The second kappa shape index (κ2) is 8.16. The third kappa shape index (κ3) is 4.39. The number of carbonyl (C=O) groups excluding carboxylic acids is 2. The zero-order chi connectivity index (χ0) is 18.4. The van der Waals surface area contributed by atoms with E-state index in [2.05, 4.69) is 5.32 Å². The van der Waals surface area contributed by atoms with Crippen molar-refractivity contribution in [2.45, 2.75) is 6.42 Å². The molecule has 2 N–H and O–H groups in total. The molecule has 0 heterocycles. The van der Waals surface area contributed by atoms with Gasteiger partial charge in [0.15, 0.2) is 6.61 Å². The van der Waals surface area contributed by atoms with Gasteiger partial charge >= 0.3 is 5.97 Å². The van der Waals surface area contributed by atoms with Crippen LogP contribution in [0.5, 0.6) is 5.75 Å². The zero-order valence-corrected chi connectivity index (χ0v) is 14.1. The molecule has 0 bridgehead atoms. The van der Waals surface area contributed by atoms with Crippen LogP contribution in [0.15, 0.2) is 66.7 Å². The quantitative estimate of drug-likeness (QED) is 0.671. The highest BCUT2D eigenvalue weighted by Crippen LogP contribution is 2.25. The monoisotopic (exact) mass is 349 g/mol. The zero-order valence-electron chi connectivity index (χ0n) is 14.1. The van der Waals surface area contributed by atoms with Crippen molar-refractivity contribution >= 4 is 22.6 Å². The van der Waals surface area contributed by atoms with Crippen molar-refractivity contribution in [2.24, 2.45) is 0 Å². The first kappa shape index (κ1) is 17.5. The van der Waals surface area contributed by atoms with Crippen LogP contribution in [0, 0.1) is 0 Å². The Hall–Kier alpha value is -3.34. The number of hydrogen-bond acceptors (Lipinski definition) is 4. The number of benzene rings is 3. The first-order chi connectivity index (χ1) is 12.6. The molecule has 0 aliphatic carbocycles. The molecule has 5 heteroatoms. The largest absolute Gasteiger partial charge is 0.507 e. The van der Waals surface area contributed by atoms with Gasteiger partial charge in [0.05, 0.1) is 0 Å². The molecule has 0 saturated carbocycles. The van der Waals surface area contributed by atoms with Gasteiger partial charge in [0.2, 0.25) is 0 Å². The van der Waals surface area contributed by atoms with Gasteiger partial charge < -0.3 is 15.2 Å². The number of ether oxygens (including phenoxy) is 1. The molecule has 0 radical (unpaired) electrons. The molecule has 5 nitrogen and oxygen atoms in total. The topological polar surface area (TPSA) is 75.6 Å². The van der Waals surface area contributed by atoms with Crippen molar-refractivity contribution < 1.29 is 19.4 Å².